The first kappa shape index (κ1) is 18.8. The van der Waals surface area contributed by atoms with Crippen molar-refractivity contribution in [2.75, 3.05) is 25.1 Å². The van der Waals surface area contributed by atoms with Gasteiger partial charge < -0.3 is 9.64 Å². The third kappa shape index (κ3) is 3.89. The third-order valence-corrected chi connectivity index (χ3v) is 4.77. The molecule has 1 aliphatic heterocycles. The van der Waals surface area contributed by atoms with Gasteiger partial charge in [-0.15, -0.1) is 0 Å². The fraction of sp³-hybridized carbons (Fsp3) is 0.316. The van der Waals surface area contributed by atoms with Crippen LogP contribution in [0.4, 0.5) is 20.2 Å². The Labute approximate surface area is 154 Å². The number of halogens is 2. The van der Waals surface area contributed by atoms with E-state index in [9.17, 15) is 23.7 Å². The van der Waals surface area contributed by atoms with Crippen LogP contribution in [0, 0.1) is 27.7 Å². The molecule has 2 aromatic rings. The van der Waals surface area contributed by atoms with Crippen LogP contribution in [0.2, 0.25) is 0 Å². The molecule has 2 aromatic carbocycles. The van der Waals surface area contributed by atoms with Crippen LogP contribution in [0.5, 0.6) is 5.75 Å². The summed E-state index contributed by atoms with van der Waals surface area (Å²) in [5, 5.41) is 11.3. The van der Waals surface area contributed by atoms with Crippen LogP contribution in [0.3, 0.4) is 0 Å². The molecule has 0 unspecified atom stereocenters. The zero-order chi connectivity index (χ0) is 19.6. The lowest BCUT2D eigenvalue weighted by atomic mass is 9.88. The molecule has 1 saturated heterocycles. The number of Topliss-reactive ketones (excluding diaryl/α,β-unsaturated/α-hetero) is 1. The maximum Gasteiger partial charge on any atom is 0.328 e. The molecule has 0 radical (unpaired) electrons. The van der Waals surface area contributed by atoms with Crippen molar-refractivity contribution >= 4 is 17.2 Å². The number of nitro benzene ring substituents is 1. The fourth-order valence-electron chi connectivity index (χ4n) is 3.33. The van der Waals surface area contributed by atoms with Gasteiger partial charge in [-0.05, 0) is 37.1 Å². The Morgan fingerprint density at radius 1 is 1.19 bits per heavy atom. The van der Waals surface area contributed by atoms with Crippen molar-refractivity contribution in [2.24, 2.45) is 5.92 Å². The van der Waals surface area contributed by atoms with E-state index in [0.717, 1.165) is 6.07 Å². The van der Waals surface area contributed by atoms with E-state index >= 15 is 0 Å². The van der Waals surface area contributed by atoms with Crippen molar-refractivity contribution in [2.45, 2.75) is 12.8 Å². The molecule has 0 spiro atoms. The number of rotatable bonds is 5. The van der Waals surface area contributed by atoms with Gasteiger partial charge >= 0.3 is 5.69 Å². The first-order valence-electron chi connectivity index (χ1n) is 8.47. The van der Waals surface area contributed by atoms with Gasteiger partial charge in [-0.1, -0.05) is 0 Å². The average molecular weight is 376 g/mol. The van der Waals surface area contributed by atoms with Gasteiger partial charge in [0, 0.05) is 36.7 Å². The van der Waals surface area contributed by atoms with Crippen LogP contribution in [-0.2, 0) is 0 Å². The molecule has 27 heavy (non-hydrogen) atoms. The van der Waals surface area contributed by atoms with Gasteiger partial charge in [-0.3, -0.25) is 14.9 Å². The van der Waals surface area contributed by atoms with Crippen LogP contribution in [0.25, 0.3) is 0 Å². The summed E-state index contributed by atoms with van der Waals surface area (Å²) in [5.74, 6) is -1.52. The number of nitro groups is 1. The number of hydrogen-bond donors (Lipinski definition) is 0. The van der Waals surface area contributed by atoms with Crippen molar-refractivity contribution in [1.82, 2.24) is 0 Å². The van der Waals surface area contributed by atoms with Crippen LogP contribution in [0.1, 0.15) is 23.2 Å². The summed E-state index contributed by atoms with van der Waals surface area (Å²) < 4.78 is 32.2. The van der Waals surface area contributed by atoms with Gasteiger partial charge in [-0.2, -0.15) is 4.39 Å². The van der Waals surface area contributed by atoms with Crippen molar-refractivity contribution in [1.29, 1.82) is 0 Å². The first-order valence-corrected chi connectivity index (χ1v) is 8.47. The number of carbonyl (C=O) groups excluding carboxylic acids is 1. The predicted octanol–water partition coefficient (Wildman–Crippen LogP) is 3.98. The zero-order valence-electron chi connectivity index (χ0n) is 14.7. The van der Waals surface area contributed by atoms with E-state index in [1.807, 2.05) is 0 Å². The number of ether oxygens (including phenoxy) is 1. The molecule has 142 valence electrons. The summed E-state index contributed by atoms with van der Waals surface area (Å²) in [4.78, 5) is 24.8. The number of piperidine rings is 1. The number of nitrogens with zero attached hydrogens (tertiary/aromatic N) is 2. The third-order valence-electron chi connectivity index (χ3n) is 4.77. The molecule has 3 rings (SSSR count). The molecule has 6 nitrogen and oxygen atoms in total. The molecule has 0 N–H and O–H groups in total. The Morgan fingerprint density at radius 3 is 2.37 bits per heavy atom. The smallest absolute Gasteiger partial charge is 0.328 e. The van der Waals surface area contributed by atoms with Crippen LogP contribution < -0.4 is 9.64 Å². The molecule has 1 aliphatic rings. The first-order chi connectivity index (χ1) is 12.9. The second kappa shape index (κ2) is 7.69. The SMILES string of the molecule is COc1cc(F)c([N+](=O)[O-])c(N2CCC(C(=O)c3ccc(F)cc3)CC2)c1. The Hall–Kier alpha value is -3.03. The minimum absolute atomic E-state index is 0.0824. The van der Waals surface area contributed by atoms with Crippen molar-refractivity contribution in [3.05, 3.63) is 63.7 Å². The Kier molecular flexibility index (Phi) is 5.34. The highest BCUT2D eigenvalue weighted by Crippen LogP contribution is 2.37. The van der Waals surface area contributed by atoms with E-state index in [2.05, 4.69) is 0 Å². The molecule has 1 heterocycles. The van der Waals surface area contributed by atoms with Gasteiger partial charge in [0.25, 0.3) is 0 Å². The summed E-state index contributed by atoms with van der Waals surface area (Å²) in [6, 6.07) is 7.80. The van der Waals surface area contributed by atoms with Gasteiger partial charge in [0.05, 0.1) is 12.0 Å². The van der Waals surface area contributed by atoms with Crippen LogP contribution in [-0.4, -0.2) is 30.9 Å². The minimum Gasteiger partial charge on any atom is -0.497 e. The zero-order valence-corrected chi connectivity index (χ0v) is 14.7. The number of benzene rings is 2. The predicted molar refractivity (Wildman–Crippen MR) is 95.3 cm³/mol. The second-order valence-electron chi connectivity index (χ2n) is 6.37. The molecular weight excluding hydrogens is 358 g/mol. The summed E-state index contributed by atoms with van der Waals surface area (Å²) in [6.07, 6.45) is 0.929. The van der Waals surface area contributed by atoms with Gasteiger partial charge in [-0.25, -0.2) is 4.39 Å². The Morgan fingerprint density at radius 2 is 1.81 bits per heavy atom. The van der Waals surface area contributed by atoms with Crippen molar-refractivity contribution in [3.63, 3.8) is 0 Å². The van der Waals surface area contributed by atoms with Crippen LogP contribution in [0.15, 0.2) is 36.4 Å². The number of hydrogen-bond acceptors (Lipinski definition) is 5. The standard InChI is InChI=1S/C19H18F2N2O4/c1-27-15-10-16(21)18(23(25)26)17(11-15)22-8-6-13(7-9-22)19(24)12-2-4-14(20)5-3-12/h2-5,10-11,13H,6-9H2,1H3. The molecule has 0 aliphatic carbocycles. The van der Waals surface area contributed by atoms with E-state index < -0.39 is 22.2 Å². The molecule has 0 aromatic heterocycles. The number of carbonyl (C=O) groups is 1. The Balaban J connectivity index is 1.77. The summed E-state index contributed by atoms with van der Waals surface area (Å²) in [6.45, 7) is 0.732. The largest absolute Gasteiger partial charge is 0.497 e. The highest BCUT2D eigenvalue weighted by Gasteiger charge is 2.31. The van der Waals surface area contributed by atoms with Crippen molar-refractivity contribution < 1.29 is 23.2 Å². The molecule has 0 bridgehead atoms. The molecule has 0 atom stereocenters. The summed E-state index contributed by atoms with van der Waals surface area (Å²) >= 11 is 0. The second-order valence-corrected chi connectivity index (χ2v) is 6.37. The normalized spacial score (nSPS) is 14.9. The molecule has 0 saturated carbocycles. The average Bonchev–Trinajstić information content (AvgIpc) is 2.67. The molecule has 0 amide bonds. The van der Waals surface area contributed by atoms with E-state index in [-0.39, 0.29) is 23.1 Å². The van der Waals surface area contributed by atoms with E-state index in [1.165, 1.54) is 37.4 Å². The maximum atomic E-state index is 14.1. The molecule has 1 fully saturated rings. The lowest BCUT2D eigenvalue weighted by Crippen LogP contribution is -2.36. The highest BCUT2D eigenvalue weighted by atomic mass is 19.1. The lowest BCUT2D eigenvalue weighted by molar-refractivity contribution is -0.386. The summed E-state index contributed by atoms with van der Waals surface area (Å²) in [7, 11) is 1.36. The summed E-state index contributed by atoms with van der Waals surface area (Å²) in [5.41, 5.74) is -0.0168. The van der Waals surface area contributed by atoms with Crippen molar-refractivity contribution in [3.8, 4) is 5.75 Å². The fourth-order valence-corrected chi connectivity index (χ4v) is 3.33. The van der Waals surface area contributed by atoms with E-state index in [4.69, 9.17) is 4.74 Å². The quantitative estimate of drug-likeness (QED) is 0.448. The minimum atomic E-state index is -0.959. The number of anilines is 1. The maximum absolute atomic E-state index is 14.1. The topological polar surface area (TPSA) is 72.7 Å². The van der Waals surface area contributed by atoms with E-state index in [0.29, 0.717) is 31.5 Å². The van der Waals surface area contributed by atoms with E-state index in [1.54, 1.807) is 4.90 Å². The molecular formula is C19H18F2N2O4. The number of methoxy groups -OCH3 is 1. The monoisotopic (exact) mass is 376 g/mol. The van der Waals surface area contributed by atoms with Crippen LogP contribution >= 0.6 is 0 Å². The van der Waals surface area contributed by atoms with Gasteiger partial charge in [0.15, 0.2) is 5.78 Å². The number of ketones is 1. The van der Waals surface area contributed by atoms with Gasteiger partial charge in [0.1, 0.15) is 17.3 Å². The highest BCUT2D eigenvalue weighted by molar-refractivity contribution is 5.98. The Bertz CT molecular complexity index is 863. The molecule has 8 heteroatoms. The van der Waals surface area contributed by atoms with Gasteiger partial charge in [0.2, 0.25) is 5.82 Å². The lowest BCUT2D eigenvalue weighted by Gasteiger charge is -2.32.